The van der Waals surface area contributed by atoms with Gasteiger partial charge in [-0.2, -0.15) is 0 Å². The lowest BCUT2D eigenvalue weighted by Gasteiger charge is -2.19. The minimum atomic E-state index is 0.303. The summed E-state index contributed by atoms with van der Waals surface area (Å²) in [6, 6.07) is 51.0. The molecule has 0 amide bonds. The Labute approximate surface area is 535 Å². The molecule has 0 saturated carbocycles. The highest BCUT2D eigenvalue weighted by Crippen LogP contribution is 2.36. The van der Waals surface area contributed by atoms with Crippen LogP contribution in [0, 0.1) is 0 Å². The number of hydrogen-bond acceptors (Lipinski definition) is 14. The highest BCUT2D eigenvalue weighted by atomic mass is 16.7. The molecule has 0 bridgehead atoms. The number of hydrogen-bond donors (Lipinski definition) is 0. The van der Waals surface area contributed by atoms with E-state index in [0.717, 1.165) is 179 Å². The van der Waals surface area contributed by atoms with E-state index in [0.29, 0.717) is 20.0 Å². The summed E-state index contributed by atoms with van der Waals surface area (Å²) < 4.78 is 33.3. The zero-order valence-electron chi connectivity index (χ0n) is 51.5. The fraction of sp³-hybridized carbons (Fsp3) is 0.205. The van der Waals surface area contributed by atoms with Crippen LogP contribution in [0.25, 0.3) is 46.0 Å². The van der Waals surface area contributed by atoms with Gasteiger partial charge in [-0.05, 0) is 229 Å². The predicted molar refractivity (Wildman–Crippen MR) is 368 cm³/mol. The minimum Gasteiger partial charge on any atom is -0.497 e. The average Bonchev–Trinajstić information content (AvgIpc) is 2.99. The van der Waals surface area contributed by atoms with Crippen molar-refractivity contribution in [3.63, 3.8) is 0 Å². The number of pyridine rings is 4. The number of ether oxygens (including phenoxy) is 5. The van der Waals surface area contributed by atoms with E-state index in [-0.39, 0.29) is 0 Å². The maximum atomic E-state index is 5.91. The zero-order chi connectivity index (χ0) is 62.1. The Morgan fingerprint density at radius 3 is 1.28 bits per heavy atom. The third-order valence-corrected chi connectivity index (χ3v) is 16.3. The number of allylic oxidation sites excluding steroid dienone is 4. The van der Waals surface area contributed by atoms with Crippen molar-refractivity contribution in [2.24, 2.45) is 20.0 Å². The molecule has 6 aliphatic rings. The van der Waals surface area contributed by atoms with Crippen molar-refractivity contribution in [1.29, 1.82) is 0 Å². The van der Waals surface area contributed by atoms with Gasteiger partial charge in [0.25, 0.3) is 0 Å². The Morgan fingerprint density at radius 1 is 0.370 bits per heavy atom. The highest BCUT2D eigenvalue weighted by molar-refractivity contribution is 6.17. The lowest BCUT2D eigenvalue weighted by atomic mass is 9.94. The van der Waals surface area contributed by atoms with Crippen molar-refractivity contribution in [1.82, 2.24) is 19.9 Å². The van der Waals surface area contributed by atoms with Gasteiger partial charge in [-0.3, -0.25) is 39.9 Å². The number of furan rings is 1. The molecule has 0 unspecified atom stereocenters. The van der Waals surface area contributed by atoms with Crippen molar-refractivity contribution in [2.75, 3.05) is 53.3 Å². The van der Waals surface area contributed by atoms with Crippen LogP contribution in [0.3, 0.4) is 0 Å². The minimum absolute atomic E-state index is 0.303. The number of fused-ring (bicyclic) bond motifs is 4. The molecule has 5 aromatic carbocycles. The summed E-state index contributed by atoms with van der Waals surface area (Å²) in [7, 11) is 1.70. The van der Waals surface area contributed by atoms with E-state index < -0.39 is 0 Å². The quantitative estimate of drug-likeness (QED) is 0.136. The van der Waals surface area contributed by atoms with E-state index in [9.17, 15) is 0 Å². The molecule has 0 N–H and O–H groups in total. The second-order valence-electron chi connectivity index (χ2n) is 22.7. The van der Waals surface area contributed by atoms with Crippen LogP contribution >= 0.6 is 0 Å². The normalized spacial score (nSPS) is 17.4. The van der Waals surface area contributed by atoms with Gasteiger partial charge in [0.2, 0.25) is 6.79 Å². The maximum Gasteiger partial charge on any atom is 0.231 e. The molecule has 16 rings (SSSR count). The van der Waals surface area contributed by atoms with E-state index in [4.69, 9.17) is 48.1 Å². The van der Waals surface area contributed by atoms with Crippen LogP contribution in [0.4, 0.5) is 0 Å². The predicted octanol–water partition coefficient (Wildman–Crippen LogP) is 16.4. The van der Waals surface area contributed by atoms with Crippen LogP contribution < -0.4 is 23.7 Å². The molecule has 11 heterocycles. The standard InChI is InChI=1S/C22H20N2O.C19H18N2O2.C19H16N2O.C18H16N2O2/c1-25-21-9-8-17-12-16(6-7-18(17)14-21)13-19-4-3-11-24-22(19)20-5-2-10-23-15-20;1-4-16(13-20-7-1)19-15(3-2-8-21-19)11-14-5-6-17-18(12-14)23-10-9-22-17;1-2-8-18-14(5-1)11-17(22-18)12-15-6-4-10-21-19(15)16-7-3-9-20-13-16;1-4-15(11-19-7-1)18-14(3-2-8-20-18)9-13-5-6-16-17(10-13)22-12-21-16/h2,5-10,12-15H,3-4,11H2,1H3;1,4-7,11-13H,2-3,8-10H2;1-3,5,7-9,11-13H,4,6,10H2;1,4-7,9-11H,2-3,8,12H2/b19-13+;15-11+;15-12+;14-9+. The number of nitrogens with zero attached hydrogens (tertiary/aromatic N) is 8. The fourth-order valence-electron chi connectivity index (χ4n) is 11.9. The second kappa shape index (κ2) is 29.6. The first-order valence-electron chi connectivity index (χ1n) is 31.5. The summed E-state index contributed by atoms with van der Waals surface area (Å²) in [5, 5.41) is 3.53. The highest BCUT2D eigenvalue weighted by Gasteiger charge is 2.20. The second-order valence-corrected chi connectivity index (χ2v) is 22.7. The first-order chi connectivity index (χ1) is 45.5. The van der Waals surface area contributed by atoms with Gasteiger partial charge in [-0.1, -0.05) is 48.5 Å². The number of methoxy groups -OCH3 is 1. The van der Waals surface area contributed by atoms with Crippen molar-refractivity contribution >= 4 is 68.9 Å². The molecule has 458 valence electrons. The molecular formula is C78H70N8O6. The Hall–Kier alpha value is -10.9. The van der Waals surface area contributed by atoms with Gasteiger partial charge in [-0.15, -0.1) is 0 Å². The van der Waals surface area contributed by atoms with Crippen LogP contribution in [-0.2, 0) is 0 Å². The molecule has 0 radical (unpaired) electrons. The van der Waals surface area contributed by atoms with Gasteiger partial charge < -0.3 is 28.1 Å². The Bertz CT molecular complexity index is 4440. The summed E-state index contributed by atoms with van der Waals surface area (Å²) >= 11 is 0. The topological polar surface area (TPSA) is 160 Å². The van der Waals surface area contributed by atoms with Crippen LogP contribution in [-0.4, -0.2) is 96.1 Å². The van der Waals surface area contributed by atoms with E-state index in [1.54, 1.807) is 31.9 Å². The molecule has 0 spiro atoms. The molecule has 0 aliphatic carbocycles. The number of benzene rings is 5. The summed E-state index contributed by atoms with van der Waals surface area (Å²) in [4.78, 5) is 35.7. The van der Waals surface area contributed by atoms with E-state index in [2.05, 4.69) is 123 Å². The monoisotopic (exact) mass is 1210 g/mol. The van der Waals surface area contributed by atoms with Crippen LogP contribution in [0.2, 0.25) is 0 Å². The van der Waals surface area contributed by atoms with E-state index in [1.807, 2.05) is 97.6 Å². The van der Waals surface area contributed by atoms with Gasteiger partial charge >= 0.3 is 0 Å². The summed E-state index contributed by atoms with van der Waals surface area (Å²) in [5.41, 5.74) is 17.9. The maximum absolute atomic E-state index is 5.91. The summed E-state index contributed by atoms with van der Waals surface area (Å²) in [6.07, 6.45) is 31.9. The van der Waals surface area contributed by atoms with Crippen molar-refractivity contribution in [2.45, 2.75) is 51.4 Å². The van der Waals surface area contributed by atoms with Crippen molar-refractivity contribution in [3.8, 4) is 28.7 Å². The molecule has 10 aromatic rings. The number of rotatable bonds is 9. The summed E-state index contributed by atoms with van der Waals surface area (Å²) in [6.45, 7) is 5.05. The number of para-hydroxylation sites is 1. The lowest BCUT2D eigenvalue weighted by molar-refractivity contribution is 0.171. The molecule has 0 fully saturated rings. The van der Waals surface area contributed by atoms with Crippen molar-refractivity contribution < 1.29 is 28.1 Å². The van der Waals surface area contributed by atoms with E-state index >= 15 is 0 Å². The number of aromatic nitrogens is 4. The van der Waals surface area contributed by atoms with Crippen LogP contribution in [0.1, 0.15) is 96.1 Å². The Morgan fingerprint density at radius 2 is 0.793 bits per heavy atom. The van der Waals surface area contributed by atoms with Gasteiger partial charge in [0.15, 0.2) is 23.0 Å². The smallest absolute Gasteiger partial charge is 0.231 e. The molecular weight excluding hydrogens is 1140 g/mol. The number of aliphatic imine (C=N–C) groups is 4. The largest absolute Gasteiger partial charge is 0.497 e. The van der Waals surface area contributed by atoms with E-state index in [1.165, 1.54) is 38.6 Å². The summed E-state index contributed by atoms with van der Waals surface area (Å²) in [5.74, 6) is 5.04. The van der Waals surface area contributed by atoms with Gasteiger partial charge in [-0.25, -0.2) is 0 Å². The van der Waals surface area contributed by atoms with Crippen molar-refractivity contribution in [3.05, 3.63) is 268 Å². The molecule has 6 aliphatic heterocycles. The lowest BCUT2D eigenvalue weighted by Crippen LogP contribution is -2.15. The molecule has 0 atom stereocenters. The zero-order valence-corrected chi connectivity index (χ0v) is 51.5. The van der Waals surface area contributed by atoms with Gasteiger partial charge in [0, 0.05) is 103 Å². The van der Waals surface area contributed by atoms with Crippen LogP contribution in [0.15, 0.2) is 248 Å². The average molecular weight is 1220 g/mol. The van der Waals surface area contributed by atoms with Gasteiger partial charge in [0.05, 0.1) is 30.0 Å². The molecule has 14 nitrogen and oxygen atoms in total. The van der Waals surface area contributed by atoms with Crippen LogP contribution in [0.5, 0.6) is 28.7 Å². The Kier molecular flexibility index (Phi) is 19.4. The third kappa shape index (κ3) is 15.1. The molecule has 5 aromatic heterocycles. The SMILES string of the molecule is C(=C1/CCCN=C1c1cccnc1)/c1cc2ccccc2o1.C(=C1/CCCN=C1c1cccnc1)/c1ccc2c(c1)OCCO2.C(=C1/CCCN=C1c1cccnc1)/c1ccc2c(c1)OCO2.COc1ccc2cc(/C=C3\CCCN=C3c3cccnc3)ccc2c1. The first-order valence-corrected chi connectivity index (χ1v) is 31.5. The first kappa shape index (κ1) is 60.1. The van der Waals surface area contributed by atoms with Gasteiger partial charge in [0.1, 0.15) is 30.3 Å². The Balaban J connectivity index is 0.000000112. The third-order valence-electron chi connectivity index (χ3n) is 16.3. The fourth-order valence-corrected chi connectivity index (χ4v) is 11.9. The molecule has 14 heteroatoms. The molecule has 0 saturated heterocycles. The molecule has 92 heavy (non-hydrogen) atoms.